The second kappa shape index (κ2) is 7.85. The quantitative estimate of drug-likeness (QED) is 0.747. The summed E-state index contributed by atoms with van der Waals surface area (Å²) < 4.78 is 32.9. The van der Waals surface area contributed by atoms with Crippen LogP contribution in [0.25, 0.3) is 0 Å². The lowest BCUT2D eigenvalue weighted by molar-refractivity contribution is -0.0272. The molecule has 2 aromatic rings. The van der Waals surface area contributed by atoms with E-state index in [0.29, 0.717) is 41.6 Å². The van der Waals surface area contributed by atoms with E-state index in [2.05, 4.69) is 36.1 Å². The van der Waals surface area contributed by atoms with Crippen LogP contribution in [0.5, 0.6) is 5.75 Å². The third-order valence-corrected chi connectivity index (χ3v) is 8.01. The Balaban J connectivity index is 1.38. The zero-order valence-corrected chi connectivity index (χ0v) is 17.3. The van der Waals surface area contributed by atoms with Gasteiger partial charge in [0.2, 0.25) is 10.0 Å². The van der Waals surface area contributed by atoms with Crippen LogP contribution < -0.4 is 4.74 Å². The third-order valence-electron chi connectivity index (χ3n) is 6.15. The van der Waals surface area contributed by atoms with Crippen LogP contribution in [0.2, 0.25) is 0 Å². The SMILES string of the molecule is COc1cccc(S(=O)(=O)N2CC[C@@H]3[C@@H](CN3C[C@H](C)c3ccccc3)C2)c1. The first-order valence-corrected chi connectivity index (χ1v) is 11.4. The lowest BCUT2D eigenvalue weighted by Gasteiger charge is -2.53. The lowest BCUT2D eigenvalue weighted by Crippen LogP contribution is -2.64. The Morgan fingerprint density at radius 2 is 1.89 bits per heavy atom. The summed E-state index contributed by atoms with van der Waals surface area (Å²) >= 11 is 0. The number of nitrogens with zero attached hydrogens (tertiary/aromatic N) is 2. The van der Waals surface area contributed by atoms with Crippen LogP contribution in [0.3, 0.4) is 0 Å². The molecule has 2 aromatic carbocycles. The number of sulfonamides is 1. The van der Waals surface area contributed by atoms with E-state index < -0.39 is 10.0 Å². The second-order valence-electron chi connectivity index (χ2n) is 7.92. The van der Waals surface area contributed by atoms with Crippen molar-refractivity contribution in [2.45, 2.75) is 30.2 Å². The van der Waals surface area contributed by atoms with Crippen LogP contribution >= 0.6 is 0 Å². The largest absolute Gasteiger partial charge is 0.497 e. The van der Waals surface area contributed by atoms with E-state index in [0.717, 1.165) is 19.5 Å². The number of benzene rings is 2. The first-order chi connectivity index (χ1) is 13.5. The molecule has 0 aliphatic carbocycles. The van der Waals surface area contributed by atoms with Crippen LogP contribution in [-0.4, -0.2) is 57.0 Å². The number of hydrogen-bond donors (Lipinski definition) is 0. The summed E-state index contributed by atoms with van der Waals surface area (Å²) in [5, 5.41) is 0. The molecule has 5 nitrogen and oxygen atoms in total. The van der Waals surface area contributed by atoms with Gasteiger partial charge in [-0.25, -0.2) is 8.42 Å². The minimum absolute atomic E-state index is 0.319. The maximum Gasteiger partial charge on any atom is 0.243 e. The summed E-state index contributed by atoms with van der Waals surface area (Å²) in [6.45, 7) is 5.47. The van der Waals surface area contributed by atoms with Crippen LogP contribution in [0.1, 0.15) is 24.8 Å². The topological polar surface area (TPSA) is 49.9 Å². The fourth-order valence-corrected chi connectivity index (χ4v) is 6.07. The van der Waals surface area contributed by atoms with Crippen molar-refractivity contribution in [2.75, 3.05) is 33.3 Å². The molecule has 28 heavy (non-hydrogen) atoms. The molecule has 6 heteroatoms. The standard InChI is InChI=1S/C22H28N2O3S/c1-17(18-7-4-3-5-8-18)14-23-15-19-16-24(12-11-22(19)23)28(25,26)21-10-6-9-20(13-21)27-2/h3-10,13,17,19,22H,11-12,14-16H2,1-2H3/t17-,19-,22+/m0/s1. The van der Waals surface area contributed by atoms with Gasteiger partial charge in [-0.05, 0) is 30.0 Å². The molecule has 0 saturated carbocycles. The molecule has 2 aliphatic rings. The molecule has 0 unspecified atom stereocenters. The van der Waals surface area contributed by atoms with Crippen LogP contribution in [-0.2, 0) is 10.0 Å². The summed E-state index contributed by atoms with van der Waals surface area (Å²) in [5.74, 6) is 1.48. The molecule has 2 aliphatic heterocycles. The zero-order valence-electron chi connectivity index (χ0n) is 16.5. The van der Waals surface area contributed by atoms with Crippen molar-refractivity contribution in [3.63, 3.8) is 0 Å². The van der Waals surface area contributed by atoms with E-state index in [1.54, 1.807) is 35.7 Å². The van der Waals surface area contributed by atoms with Gasteiger partial charge in [0.25, 0.3) is 0 Å². The molecule has 150 valence electrons. The van der Waals surface area contributed by atoms with Gasteiger partial charge < -0.3 is 4.74 Å². The van der Waals surface area contributed by atoms with Gasteiger partial charge >= 0.3 is 0 Å². The predicted molar refractivity (Wildman–Crippen MR) is 110 cm³/mol. The van der Waals surface area contributed by atoms with Crippen molar-refractivity contribution in [1.82, 2.24) is 9.21 Å². The Bertz CT molecular complexity index is 916. The van der Waals surface area contributed by atoms with Gasteiger partial charge in [0, 0.05) is 44.2 Å². The number of fused-ring (bicyclic) bond motifs is 1. The smallest absolute Gasteiger partial charge is 0.243 e. The highest BCUT2D eigenvalue weighted by Gasteiger charge is 2.45. The molecule has 4 rings (SSSR count). The number of rotatable bonds is 6. The van der Waals surface area contributed by atoms with E-state index in [4.69, 9.17) is 4.74 Å². The fourth-order valence-electron chi connectivity index (χ4n) is 4.52. The van der Waals surface area contributed by atoms with Crippen molar-refractivity contribution in [1.29, 1.82) is 0 Å². The van der Waals surface area contributed by atoms with Crippen molar-refractivity contribution in [3.05, 3.63) is 60.2 Å². The first kappa shape index (κ1) is 19.4. The normalized spacial score (nSPS) is 24.2. The van der Waals surface area contributed by atoms with Gasteiger partial charge in [-0.2, -0.15) is 4.31 Å². The molecular formula is C22H28N2O3S. The summed E-state index contributed by atoms with van der Waals surface area (Å²) in [6, 6.07) is 17.9. The molecule has 0 bridgehead atoms. The molecule has 0 aromatic heterocycles. The van der Waals surface area contributed by atoms with E-state index in [-0.39, 0.29) is 0 Å². The van der Waals surface area contributed by atoms with Gasteiger partial charge in [-0.1, -0.05) is 43.3 Å². The number of hydrogen-bond acceptors (Lipinski definition) is 4. The number of ether oxygens (including phenoxy) is 1. The summed E-state index contributed by atoms with van der Waals surface area (Å²) in [4.78, 5) is 2.84. The van der Waals surface area contributed by atoms with Gasteiger partial charge in [0.05, 0.1) is 12.0 Å². The zero-order chi connectivity index (χ0) is 19.7. The summed E-state index contributed by atoms with van der Waals surface area (Å²) in [6.07, 6.45) is 0.898. The third kappa shape index (κ3) is 3.69. The molecule has 0 spiro atoms. The van der Waals surface area contributed by atoms with E-state index >= 15 is 0 Å². The molecular weight excluding hydrogens is 372 g/mol. The number of piperidine rings is 1. The van der Waals surface area contributed by atoms with Crippen LogP contribution in [0, 0.1) is 5.92 Å². The molecule has 2 heterocycles. The molecule has 2 fully saturated rings. The maximum atomic E-state index is 13.0. The van der Waals surface area contributed by atoms with Crippen molar-refractivity contribution >= 4 is 10.0 Å². The highest BCUT2D eigenvalue weighted by atomic mass is 32.2. The second-order valence-corrected chi connectivity index (χ2v) is 9.86. The summed E-state index contributed by atoms with van der Waals surface area (Å²) in [7, 11) is -1.91. The molecule has 0 radical (unpaired) electrons. The number of methoxy groups -OCH3 is 1. The lowest BCUT2D eigenvalue weighted by atomic mass is 9.82. The Hall–Kier alpha value is -1.89. The van der Waals surface area contributed by atoms with E-state index in [1.165, 1.54) is 5.56 Å². The maximum absolute atomic E-state index is 13.0. The van der Waals surface area contributed by atoms with Gasteiger partial charge in [-0.15, -0.1) is 0 Å². The highest BCUT2D eigenvalue weighted by Crippen LogP contribution is 2.36. The Morgan fingerprint density at radius 3 is 2.61 bits per heavy atom. The molecule has 2 saturated heterocycles. The van der Waals surface area contributed by atoms with Crippen LogP contribution in [0.15, 0.2) is 59.5 Å². The number of likely N-dealkylation sites (tertiary alicyclic amines) is 1. The minimum atomic E-state index is -3.47. The summed E-state index contributed by atoms with van der Waals surface area (Å²) in [5.41, 5.74) is 1.36. The molecule has 3 atom stereocenters. The Labute approximate surface area is 168 Å². The van der Waals surface area contributed by atoms with Crippen LogP contribution in [0.4, 0.5) is 0 Å². The van der Waals surface area contributed by atoms with Crippen molar-refractivity contribution < 1.29 is 13.2 Å². The van der Waals surface area contributed by atoms with Gasteiger partial charge in [0.15, 0.2) is 0 Å². The average Bonchev–Trinajstić information content (AvgIpc) is 2.72. The van der Waals surface area contributed by atoms with E-state index in [9.17, 15) is 8.42 Å². The van der Waals surface area contributed by atoms with Gasteiger partial charge in [-0.3, -0.25) is 4.90 Å². The Morgan fingerprint density at radius 1 is 1.11 bits per heavy atom. The highest BCUT2D eigenvalue weighted by molar-refractivity contribution is 7.89. The van der Waals surface area contributed by atoms with Gasteiger partial charge in [0.1, 0.15) is 5.75 Å². The van der Waals surface area contributed by atoms with Crippen molar-refractivity contribution in [3.8, 4) is 5.75 Å². The first-order valence-electron chi connectivity index (χ1n) is 9.92. The molecule has 0 amide bonds. The monoisotopic (exact) mass is 400 g/mol. The minimum Gasteiger partial charge on any atom is -0.497 e. The molecule has 0 N–H and O–H groups in total. The predicted octanol–water partition coefficient (Wildman–Crippen LogP) is 3.19. The fraction of sp³-hybridized carbons (Fsp3) is 0.455. The van der Waals surface area contributed by atoms with E-state index in [1.807, 2.05) is 6.07 Å². The van der Waals surface area contributed by atoms with Crippen molar-refractivity contribution in [2.24, 2.45) is 5.92 Å². The Kier molecular flexibility index (Phi) is 5.45. The average molecular weight is 401 g/mol.